The summed E-state index contributed by atoms with van der Waals surface area (Å²) in [7, 11) is 0. The van der Waals surface area contributed by atoms with Gasteiger partial charge in [-0.15, -0.1) is 5.11 Å². The monoisotopic (exact) mass is 274 g/mol. The van der Waals surface area contributed by atoms with Gasteiger partial charge in [-0.1, -0.05) is 11.6 Å². The molecule has 0 heterocycles. The van der Waals surface area contributed by atoms with E-state index in [-0.39, 0.29) is 5.75 Å². The third-order valence-electron chi connectivity index (χ3n) is 2.89. The summed E-state index contributed by atoms with van der Waals surface area (Å²) in [4.78, 5) is 0. The molecule has 2 rings (SSSR count). The molecular weight excluding hydrogens is 260 g/mol. The molecule has 0 bridgehead atoms. The highest BCUT2D eigenvalue weighted by Crippen LogP contribution is 2.30. The molecule has 0 saturated carbocycles. The highest BCUT2D eigenvalue weighted by Gasteiger charge is 2.04. The van der Waals surface area contributed by atoms with Crippen LogP contribution in [-0.4, -0.2) is 5.11 Å². The quantitative estimate of drug-likeness (QED) is 0.734. The first-order chi connectivity index (χ1) is 8.97. The number of hydrogen-bond acceptors (Lipinski definition) is 3. The van der Waals surface area contributed by atoms with Gasteiger partial charge in [0.1, 0.15) is 5.75 Å². The number of nitrogens with zero attached hydrogens (tertiary/aromatic N) is 2. The first-order valence-electron chi connectivity index (χ1n) is 5.95. The predicted molar refractivity (Wildman–Crippen MR) is 77.9 cm³/mol. The molecule has 0 aliphatic carbocycles. The van der Waals surface area contributed by atoms with Gasteiger partial charge in [0.05, 0.1) is 11.4 Å². The number of aryl methyl sites for hydroxylation is 3. The minimum atomic E-state index is 0.247. The Labute approximate surface area is 117 Å². The van der Waals surface area contributed by atoms with Gasteiger partial charge in [-0.25, -0.2) is 0 Å². The molecule has 0 amide bonds. The zero-order chi connectivity index (χ0) is 14.0. The third-order valence-corrected chi connectivity index (χ3v) is 3.13. The molecule has 0 saturated heterocycles. The van der Waals surface area contributed by atoms with Crippen LogP contribution in [0.25, 0.3) is 0 Å². The Morgan fingerprint density at radius 1 is 0.895 bits per heavy atom. The highest BCUT2D eigenvalue weighted by atomic mass is 35.5. The maximum absolute atomic E-state index is 9.49. The average molecular weight is 275 g/mol. The molecule has 4 heteroatoms. The summed E-state index contributed by atoms with van der Waals surface area (Å²) >= 11 is 5.90. The van der Waals surface area contributed by atoms with Gasteiger partial charge in [0.15, 0.2) is 0 Å². The Morgan fingerprint density at radius 3 is 2.11 bits per heavy atom. The summed E-state index contributed by atoms with van der Waals surface area (Å²) < 4.78 is 0. The van der Waals surface area contributed by atoms with Gasteiger partial charge in [-0.3, -0.25) is 0 Å². The lowest BCUT2D eigenvalue weighted by Gasteiger charge is -2.05. The smallest absolute Gasteiger partial charge is 0.116 e. The van der Waals surface area contributed by atoms with Crippen molar-refractivity contribution in [3.05, 3.63) is 52.0 Å². The topological polar surface area (TPSA) is 45.0 Å². The van der Waals surface area contributed by atoms with Gasteiger partial charge in [-0.2, -0.15) is 5.11 Å². The van der Waals surface area contributed by atoms with Crippen molar-refractivity contribution in [1.29, 1.82) is 0 Å². The molecule has 2 aromatic carbocycles. The zero-order valence-electron chi connectivity index (χ0n) is 11.1. The van der Waals surface area contributed by atoms with Crippen LogP contribution in [0.5, 0.6) is 5.75 Å². The van der Waals surface area contributed by atoms with E-state index >= 15 is 0 Å². The van der Waals surface area contributed by atoms with Crippen molar-refractivity contribution in [2.24, 2.45) is 10.2 Å². The second-order valence-electron chi connectivity index (χ2n) is 4.56. The number of phenolic OH excluding ortho intramolecular Hbond substituents is 1. The summed E-state index contributed by atoms with van der Waals surface area (Å²) in [6, 6.07) is 8.84. The van der Waals surface area contributed by atoms with Gasteiger partial charge >= 0.3 is 0 Å². The number of aromatic hydroxyl groups is 1. The van der Waals surface area contributed by atoms with Crippen LogP contribution < -0.4 is 0 Å². The van der Waals surface area contributed by atoms with Gasteiger partial charge in [0.2, 0.25) is 0 Å². The van der Waals surface area contributed by atoms with E-state index in [1.807, 2.05) is 32.9 Å². The molecule has 0 unspecified atom stereocenters. The largest absolute Gasteiger partial charge is 0.508 e. The standard InChI is InChI=1S/C15H15ClN2O/c1-9-6-12(16)4-5-14(9)17-18-15-10(2)7-13(19)8-11(15)3/h4-8,19H,1-3H3. The number of hydrogen-bond donors (Lipinski definition) is 1. The maximum Gasteiger partial charge on any atom is 0.116 e. The number of phenols is 1. The zero-order valence-corrected chi connectivity index (χ0v) is 11.9. The molecule has 1 N–H and O–H groups in total. The molecule has 98 valence electrons. The van der Waals surface area contributed by atoms with Crippen molar-refractivity contribution in [1.82, 2.24) is 0 Å². The van der Waals surface area contributed by atoms with E-state index in [0.29, 0.717) is 5.02 Å². The van der Waals surface area contributed by atoms with E-state index in [0.717, 1.165) is 28.1 Å². The lowest BCUT2D eigenvalue weighted by Crippen LogP contribution is -1.80. The second-order valence-corrected chi connectivity index (χ2v) is 5.00. The van der Waals surface area contributed by atoms with Gasteiger partial charge in [0, 0.05) is 5.02 Å². The Bertz CT molecular complexity index is 628. The van der Waals surface area contributed by atoms with E-state index in [9.17, 15) is 5.11 Å². The Morgan fingerprint density at radius 2 is 1.53 bits per heavy atom. The number of rotatable bonds is 2. The fraction of sp³-hybridized carbons (Fsp3) is 0.200. The Balaban J connectivity index is 2.38. The fourth-order valence-corrected chi connectivity index (χ4v) is 2.15. The van der Waals surface area contributed by atoms with E-state index in [4.69, 9.17) is 11.6 Å². The first-order valence-corrected chi connectivity index (χ1v) is 6.33. The Hall–Kier alpha value is -1.87. The van der Waals surface area contributed by atoms with Crippen molar-refractivity contribution in [3.8, 4) is 5.75 Å². The third kappa shape index (κ3) is 3.12. The number of azo groups is 1. The molecule has 0 aromatic heterocycles. The fourth-order valence-electron chi connectivity index (χ4n) is 1.93. The summed E-state index contributed by atoms with van der Waals surface area (Å²) in [5.74, 6) is 0.247. The van der Waals surface area contributed by atoms with E-state index in [1.54, 1.807) is 18.2 Å². The molecule has 3 nitrogen and oxygen atoms in total. The first kappa shape index (κ1) is 13.6. The van der Waals surface area contributed by atoms with Crippen molar-refractivity contribution >= 4 is 23.0 Å². The lowest BCUT2D eigenvalue weighted by atomic mass is 10.1. The normalized spacial score (nSPS) is 11.2. The van der Waals surface area contributed by atoms with Crippen LogP contribution in [-0.2, 0) is 0 Å². The van der Waals surface area contributed by atoms with Crippen LogP contribution in [0.1, 0.15) is 16.7 Å². The van der Waals surface area contributed by atoms with Crippen LogP contribution in [0.3, 0.4) is 0 Å². The van der Waals surface area contributed by atoms with Crippen LogP contribution in [0.2, 0.25) is 5.02 Å². The molecule has 0 aliphatic heterocycles. The van der Waals surface area contributed by atoms with Gasteiger partial charge in [-0.05, 0) is 67.8 Å². The summed E-state index contributed by atoms with van der Waals surface area (Å²) in [6.45, 7) is 5.74. The molecule has 2 aromatic rings. The summed E-state index contributed by atoms with van der Waals surface area (Å²) in [5, 5.41) is 18.7. The van der Waals surface area contributed by atoms with Gasteiger partial charge < -0.3 is 5.11 Å². The Kier molecular flexibility index (Phi) is 3.86. The number of halogens is 1. The molecule has 19 heavy (non-hydrogen) atoms. The molecule has 0 fully saturated rings. The minimum absolute atomic E-state index is 0.247. The van der Waals surface area contributed by atoms with Gasteiger partial charge in [0.25, 0.3) is 0 Å². The van der Waals surface area contributed by atoms with Crippen molar-refractivity contribution in [2.45, 2.75) is 20.8 Å². The average Bonchev–Trinajstić information content (AvgIpc) is 2.30. The van der Waals surface area contributed by atoms with E-state index in [1.165, 1.54) is 0 Å². The highest BCUT2D eigenvalue weighted by molar-refractivity contribution is 6.30. The van der Waals surface area contributed by atoms with Crippen LogP contribution in [0, 0.1) is 20.8 Å². The SMILES string of the molecule is Cc1cc(Cl)ccc1N=Nc1c(C)cc(O)cc1C. The van der Waals surface area contributed by atoms with E-state index in [2.05, 4.69) is 10.2 Å². The summed E-state index contributed by atoms with van der Waals surface area (Å²) in [6.07, 6.45) is 0. The molecule has 0 aliphatic rings. The predicted octanol–water partition coefficient (Wildman–Crippen LogP) is 5.39. The van der Waals surface area contributed by atoms with Crippen LogP contribution >= 0.6 is 11.6 Å². The summed E-state index contributed by atoms with van der Waals surface area (Å²) in [5.41, 5.74) is 4.34. The van der Waals surface area contributed by atoms with Crippen molar-refractivity contribution in [2.75, 3.05) is 0 Å². The second kappa shape index (κ2) is 5.41. The minimum Gasteiger partial charge on any atom is -0.508 e. The molecule has 0 atom stereocenters. The molecule has 0 spiro atoms. The van der Waals surface area contributed by atoms with Crippen molar-refractivity contribution < 1.29 is 5.11 Å². The lowest BCUT2D eigenvalue weighted by molar-refractivity contribution is 0.474. The molecule has 0 radical (unpaired) electrons. The van der Waals surface area contributed by atoms with E-state index < -0.39 is 0 Å². The molecular formula is C15H15ClN2O. The van der Waals surface area contributed by atoms with Crippen LogP contribution in [0.4, 0.5) is 11.4 Å². The van der Waals surface area contributed by atoms with Crippen LogP contribution in [0.15, 0.2) is 40.6 Å². The van der Waals surface area contributed by atoms with Crippen molar-refractivity contribution in [3.63, 3.8) is 0 Å². The maximum atomic E-state index is 9.49. The number of benzene rings is 2.